The monoisotopic (exact) mass is 288 g/mol. The molecule has 1 heterocycles. The second-order valence-electron chi connectivity index (χ2n) is 6.20. The SMILES string of the molecule is Cc1cc(C)cc(N2CCN(C(=O)C(C)C)[C@H](C)C2=O)c1. The van der Waals surface area contributed by atoms with Gasteiger partial charge in [-0.3, -0.25) is 9.59 Å². The number of hydrogen-bond donors (Lipinski definition) is 0. The Morgan fingerprint density at radius 2 is 1.71 bits per heavy atom. The summed E-state index contributed by atoms with van der Waals surface area (Å²) in [5.74, 6) is -0.0239. The van der Waals surface area contributed by atoms with Crippen LogP contribution in [-0.2, 0) is 9.59 Å². The van der Waals surface area contributed by atoms with E-state index in [0.717, 1.165) is 16.8 Å². The quantitative estimate of drug-likeness (QED) is 0.839. The summed E-state index contributed by atoms with van der Waals surface area (Å²) < 4.78 is 0. The molecule has 2 rings (SSSR count). The van der Waals surface area contributed by atoms with Crippen LogP contribution >= 0.6 is 0 Å². The maximum absolute atomic E-state index is 12.6. The first-order valence-electron chi connectivity index (χ1n) is 7.51. The molecule has 0 saturated carbocycles. The molecule has 4 heteroatoms. The molecule has 1 saturated heterocycles. The highest BCUT2D eigenvalue weighted by Gasteiger charge is 2.35. The van der Waals surface area contributed by atoms with E-state index in [0.29, 0.717) is 13.1 Å². The predicted molar refractivity (Wildman–Crippen MR) is 84.3 cm³/mol. The molecular formula is C17H24N2O2. The average molecular weight is 288 g/mol. The van der Waals surface area contributed by atoms with Gasteiger partial charge in [0.2, 0.25) is 11.8 Å². The molecule has 1 aliphatic rings. The molecular weight excluding hydrogens is 264 g/mol. The highest BCUT2D eigenvalue weighted by atomic mass is 16.2. The Balaban J connectivity index is 2.23. The topological polar surface area (TPSA) is 40.6 Å². The van der Waals surface area contributed by atoms with E-state index in [1.54, 1.807) is 9.80 Å². The van der Waals surface area contributed by atoms with Crippen LogP contribution in [-0.4, -0.2) is 35.8 Å². The number of nitrogens with zero attached hydrogens (tertiary/aromatic N) is 2. The Morgan fingerprint density at radius 1 is 1.14 bits per heavy atom. The Bertz CT molecular complexity index is 546. The molecule has 0 radical (unpaired) electrons. The number of aryl methyl sites for hydroxylation is 2. The molecule has 4 nitrogen and oxygen atoms in total. The van der Waals surface area contributed by atoms with Crippen LogP contribution in [0.3, 0.4) is 0 Å². The lowest BCUT2D eigenvalue weighted by Gasteiger charge is -2.40. The summed E-state index contributed by atoms with van der Waals surface area (Å²) in [4.78, 5) is 28.3. The van der Waals surface area contributed by atoms with E-state index in [2.05, 4.69) is 6.07 Å². The summed E-state index contributed by atoms with van der Waals surface area (Å²) in [5, 5.41) is 0. The van der Waals surface area contributed by atoms with E-state index >= 15 is 0 Å². The summed E-state index contributed by atoms with van der Waals surface area (Å²) in [6.45, 7) is 10.8. The van der Waals surface area contributed by atoms with Gasteiger partial charge in [0, 0.05) is 24.7 Å². The molecule has 1 aromatic rings. The molecule has 0 N–H and O–H groups in total. The average Bonchev–Trinajstić information content (AvgIpc) is 2.39. The molecule has 114 valence electrons. The van der Waals surface area contributed by atoms with Crippen molar-refractivity contribution in [1.82, 2.24) is 4.90 Å². The third-order valence-electron chi connectivity index (χ3n) is 3.95. The number of carbonyl (C=O) groups excluding carboxylic acids is 2. The van der Waals surface area contributed by atoms with Crippen LogP contribution < -0.4 is 4.90 Å². The molecule has 0 unspecified atom stereocenters. The molecule has 2 amide bonds. The first-order valence-corrected chi connectivity index (χ1v) is 7.51. The zero-order valence-electron chi connectivity index (χ0n) is 13.5. The Morgan fingerprint density at radius 3 is 2.24 bits per heavy atom. The number of benzene rings is 1. The van der Waals surface area contributed by atoms with E-state index in [1.165, 1.54) is 0 Å². The number of rotatable bonds is 2. The zero-order valence-corrected chi connectivity index (χ0v) is 13.5. The zero-order chi connectivity index (χ0) is 15.7. The molecule has 1 aliphatic heterocycles. The lowest BCUT2D eigenvalue weighted by atomic mass is 10.1. The minimum Gasteiger partial charge on any atom is -0.329 e. The van der Waals surface area contributed by atoms with Crippen LogP contribution in [0.25, 0.3) is 0 Å². The lowest BCUT2D eigenvalue weighted by molar-refractivity contribution is -0.143. The van der Waals surface area contributed by atoms with E-state index in [4.69, 9.17) is 0 Å². The van der Waals surface area contributed by atoms with Gasteiger partial charge in [0.05, 0.1) is 0 Å². The molecule has 0 spiro atoms. The highest BCUT2D eigenvalue weighted by Crippen LogP contribution is 2.23. The van der Waals surface area contributed by atoms with E-state index in [9.17, 15) is 9.59 Å². The number of hydrogen-bond acceptors (Lipinski definition) is 2. The molecule has 1 aromatic carbocycles. The van der Waals surface area contributed by atoms with Gasteiger partial charge in [-0.05, 0) is 44.0 Å². The van der Waals surface area contributed by atoms with Crippen molar-refractivity contribution < 1.29 is 9.59 Å². The first kappa shape index (κ1) is 15.5. The van der Waals surface area contributed by atoms with E-state index < -0.39 is 6.04 Å². The Hall–Kier alpha value is -1.84. The van der Waals surface area contributed by atoms with Crippen molar-refractivity contribution in [2.24, 2.45) is 5.92 Å². The maximum atomic E-state index is 12.6. The summed E-state index contributed by atoms with van der Waals surface area (Å²) in [6.07, 6.45) is 0. The fraction of sp³-hybridized carbons (Fsp3) is 0.529. The summed E-state index contributed by atoms with van der Waals surface area (Å²) in [5.41, 5.74) is 3.22. The van der Waals surface area contributed by atoms with Crippen LogP contribution in [0, 0.1) is 19.8 Å². The van der Waals surface area contributed by atoms with Gasteiger partial charge >= 0.3 is 0 Å². The van der Waals surface area contributed by atoms with Gasteiger partial charge in [0.15, 0.2) is 0 Å². The summed E-state index contributed by atoms with van der Waals surface area (Å²) >= 11 is 0. The second-order valence-corrected chi connectivity index (χ2v) is 6.20. The maximum Gasteiger partial charge on any atom is 0.249 e. The van der Waals surface area contributed by atoms with Crippen molar-refractivity contribution in [1.29, 1.82) is 0 Å². The van der Waals surface area contributed by atoms with Gasteiger partial charge < -0.3 is 9.80 Å². The van der Waals surface area contributed by atoms with Gasteiger partial charge in [-0.2, -0.15) is 0 Å². The van der Waals surface area contributed by atoms with Crippen molar-refractivity contribution in [3.63, 3.8) is 0 Å². The van der Waals surface area contributed by atoms with Crippen molar-refractivity contribution >= 4 is 17.5 Å². The van der Waals surface area contributed by atoms with Gasteiger partial charge in [-0.25, -0.2) is 0 Å². The van der Waals surface area contributed by atoms with E-state index in [-0.39, 0.29) is 17.7 Å². The minimum atomic E-state index is -0.394. The molecule has 1 fully saturated rings. The number of amides is 2. The fourth-order valence-electron chi connectivity index (χ4n) is 2.87. The number of carbonyl (C=O) groups is 2. The molecule has 0 bridgehead atoms. The van der Waals surface area contributed by atoms with Crippen molar-refractivity contribution in [2.45, 2.75) is 40.7 Å². The Labute approximate surface area is 126 Å². The normalized spacial score (nSPS) is 19.3. The summed E-state index contributed by atoms with van der Waals surface area (Å²) in [6, 6.07) is 5.75. The van der Waals surface area contributed by atoms with E-state index in [1.807, 2.05) is 46.8 Å². The third kappa shape index (κ3) is 3.09. The van der Waals surface area contributed by atoms with Crippen LogP contribution in [0.4, 0.5) is 5.69 Å². The fourth-order valence-corrected chi connectivity index (χ4v) is 2.87. The van der Waals surface area contributed by atoms with Gasteiger partial charge in [0.1, 0.15) is 6.04 Å². The Kier molecular flexibility index (Phi) is 4.35. The van der Waals surface area contributed by atoms with Crippen LogP contribution in [0.2, 0.25) is 0 Å². The lowest BCUT2D eigenvalue weighted by Crippen LogP contribution is -2.58. The smallest absolute Gasteiger partial charge is 0.249 e. The molecule has 1 atom stereocenters. The largest absolute Gasteiger partial charge is 0.329 e. The standard InChI is InChI=1S/C17H24N2O2/c1-11(2)16(20)18-6-7-19(17(21)14(18)5)15-9-12(3)8-13(4)10-15/h8-11,14H,6-7H2,1-5H3/t14-/m1/s1. The van der Waals surface area contributed by atoms with Gasteiger partial charge in [-0.15, -0.1) is 0 Å². The first-order chi connectivity index (χ1) is 9.81. The third-order valence-corrected chi connectivity index (χ3v) is 3.95. The van der Waals surface area contributed by atoms with Crippen LogP contribution in [0.5, 0.6) is 0 Å². The van der Waals surface area contributed by atoms with Crippen molar-refractivity contribution in [3.8, 4) is 0 Å². The molecule has 0 aliphatic carbocycles. The molecule has 0 aromatic heterocycles. The summed E-state index contributed by atoms with van der Waals surface area (Å²) in [7, 11) is 0. The highest BCUT2D eigenvalue weighted by molar-refractivity contribution is 6.00. The second kappa shape index (κ2) is 5.88. The number of piperazine rings is 1. The predicted octanol–water partition coefficient (Wildman–Crippen LogP) is 2.52. The van der Waals surface area contributed by atoms with Gasteiger partial charge in [-0.1, -0.05) is 19.9 Å². The van der Waals surface area contributed by atoms with Crippen LogP contribution in [0.1, 0.15) is 31.9 Å². The van der Waals surface area contributed by atoms with Crippen LogP contribution in [0.15, 0.2) is 18.2 Å². The minimum absolute atomic E-state index is 0.000231. The molecule has 21 heavy (non-hydrogen) atoms. The van der Waals surface area contributed by atoms with Gasteiger partial charge in [0.25, 0.3) is 0 Å². The number of anilines is 1. The van der Waals surface area contributed by atoms with Crippen molar-refractivity contribution in [2.75, 3.05) is 18.0 Å². The van der Waals surface area contributed by atoms with Crippen molar-refractivity contribution in [3.05, 3.63) is 29.3 Å².